The molecule has 6 heteroatoms. The largest absolute Gasteiger partial charge is 0.339 e. The predicted molar refractivity (Wildman–Crippen MR) is 127 cm³/mol. The molecule has 2 aromatic rings. The number of nitrogens with zero attached hydrogens (tertiary/aromatic N) is 1. The molecule has 0 amide bonds. The maximum Gasteiger partial charge on any atom is 0.264 e. The average Bonchev–Trinajstić information content (AvgIpc) is 2.67. The minimum absolute atomic E-state index is 0.215. The first-order valence-corrected chi connectivity index (χ1v) is 13.5. The number of anilines is 2. The van der Waals surface area contributed by atoms with Crippen molar-refractivity contribution in [2.75, 3.05) is 17.2 Å². The summed E-state index contributed by atoms with van der Waals surface area (Å²) in [7, 11) is -3.96. The van der Waals surface area contributed by atoms with Crippen LogP contribution in [0.15, 0.2) is 40.1 Å². The molecule has 0 unspecified atom stereocenters. The maximum absolute atomic E-state index is 11.3. The van der Waals surface area contributed by atoms with Crippen molar-refractivity contribution in [3.63, 3.8) is 0 Å². The first-order valence-electron chi connectivity index (χ1n) is 11.1. The van der Waals surface area contributed by atoms with Crippen molar-refractivity contribution in [1.82, 2.24) is 0 Å². The van der Waals surface area contributed by atoms with E-state index in [1.54, 1.807) is 0 Å². The van der Waals surface area contributed by atoms with Gasteiger partial charge in [-0.1, -0.05) is 63.9 Å². The molecule has 164 valence electrons. The lowest BCUT2D eigenvalue weighted by Gasteiger charge is -2.35. The molecule has 0 radical (unpaired) electrons. The summed E-state index contributed by atoms with van der Waals surface area (Å²) in [6.45, 7) is 7.16. The molecule has 30 heavy (non-hydrogen) atoms. The quantitative estimate of drug-likeness (QED) is 0.426. The van der Waals surface area contributed by atoms with Gasteiger partial charge in [0.25, 0.3) is 10.1 Å². The Kier molecular flexibility index (Phi) is 7.88. The molecule has 0 aliphatic carbocycles. The van der Waals surface area contributed by atoms with Crippen molar-refractivity contribution in [2.45, 2.75) is 75.5 Å². The van der Waals surface area contributed by atoms with Gasteiger partial charge in [-0.2, -0.15) is 8.42 Å². The first-order chi connectivity index (χ1) is 14.4. The molecule has 1 aliphatic heterocycles. The van der Waals surface area contributed by atoms with Crippen LogP contribution < -0.4 is 4.90 Å². The molecule has 0 saturated heterocycles. The van der Waals surface area contributed by atoms with Crippen LogP contribution in [0.25, 0.3) is 0 Å². The smallest absolute Gasteiger partial charge is 0.264 e. The molecule has 3 rings (SSSR count). The van der Waals surface area contributed by atoms with Gasteiger partial charge >= 0.3 is 0 Å². The SMILES string of the molecule is CCCc1cc(CCC)c2c(c1)Sc1ccc(CCC)cc1N2CCCS(=O)(=O)O. The molecule has 0 bridgehead atoms. The molecule has 0 aromatic heterocycles. The maximum atomic E-state index is 11.3. The second-order valence-electron chi connectivity index (χ2n) is 8.05. The Morgan fingerprint density at radius 3 is 2.27 bits per heavy atom. The number of hydrogen-bond acceptors (Lipinski definition) is 4. The van der Waals surface area contributed by atoms with Gasteiger partial charge in [0.15, 0.2) is 0 Å². The van der Waals surface area contributed by atoms with E-state index >= 15 is 0 Å². The number of benzene rings is 2. The van der Waals surface area contributed by atoms with Gasteiger partial charge < -0.3 is 4.90 Å². The van der Waals surface area contributed by atoms with E-state index < -0.39 is 10.1 Å². The van der Waals surface area contributed by atoms with E-state index in [1.165, 1.54) is 32.2 Å². The molecule has 0 fully saturated rings. The van der Waals surface area contributed by atoms with Crippen LogP contribution in [0.4, 0.5) is 11.4 Å². The standard InChI is InChI=1S/C24H33NO3S2/c1-4-8-18-11-12-22-21(16-18)25(13-7-14-30(26,27)28)24-20(10-6-3)15-19(9-5-2)17-23(24)29-22/h11-12,15-17H,4-10,13-14H2,1-3H3,(H,26,27,28). The van der Waals surface area contributed by atoms with Gasteiger partial charge in [-0.25, -0.2) is 0 Å². The third-order valence-corrected chi connectivity index (χ3v) is 7.30. The Morgan fingerprint density at radius 2 is 1.60 bits per heavy atom. The second-order valence-corrected chi connectivity index (χ2v) is 10.7. The number of fused-ring (bicyclic) bond motifs is 2. The monoisotopic (exact) mass is 447 g/mol. The second kappa shape index (κ2) is 10.2. The molecular weight excluding hydrogens is 414 g/mol. The highest BCUT2D eigenvalue weighted by molar-refractivity contribution is 7.99. The van der Waals surface area contributed by atoms with Crippen LogP contribution in [0.5, 0.6) is 0 Å². The molecule has 0 saturated carbocycles. The van der Waals surface area contributed by atoms with Crippen LogP contribution in [0, 0.1) is 0 Å². The normalized spacial score (nSPS) is 13.3. The van der Waals surface area contributed by atoms with Crippen molar-refractivity contribution in [1.29, 1.82) is 0 Å². The van der Waals surface area contributed by atoms with E-state index in [2.05, 4.69) is 56.0 Å². The molecule has 1 heterocycles. The number of hydrogen-bond donors (Lipinski definition) is 1. The third kappa shape index (κ3) is 5.59. The van der Waals surface area contributed by atoms with Crippen LogP contribution in [0.2, 0.25) is 0 Å². The molecule has 0 spiro atoms. The first kappa shape index (κ1) is 23.2. The number of aryl methyl sites for hydroxylation is 3. The summed E-state index contributed by atoms with van der Waals surface area (Å²) >= 11 is 1.82. The average molecular weight is 448 g/mol. The summed E-state index contributed by atoms with van der Waals surface area (Å²) in [5.74, 6) is -0.215. The predicted octanol–water partition coefficient (Wildman–Crippen LogP) is 6.42. The summed E-state index contributed by atoms with van der Waals surface area (Å²) in [5.41, 5.74) is 6.40. The Bertz CT molecular complexity index is 986. The Labute approximate surface area is 185 Å². The van der Waals surface area contributed by atoms with E-state index in [0.717, 1.165) is 44.2 Å². The van der Waals surface area contributed by atoms with Crippen LogP contribution in [0.3, 0.4) is 0 Å². The molecule has 1 aliphatic rings. The summed E-state index contributed by atoms with van der Waals surface area (Å²) in [6.07, 6.45) is 6.75. The minimum atomic E-state index is -3.96. The molecule has 0 atom stereocenters. The highest BCUT2D eigenvalue weighted by Crippen LogP contribution is 2.50. The zero-order chi connectivity index (χ0) is 21.7. The highest BCUT2D eigenvalue weighted by atomic mass is 32.2. The van der Waals surface area contributed by atoms with Gasteiger partial charge in [-0.15, -0.1) is 0 Å². The lowest BCUT2D eigenvalue weighted by molar-refractivity contribution is 0.481. The Hall–Kier alpha value is -1.50. The zero-order valence-corrected chi connectivity index (χ0v) is 19.9. The highest BCUT2D eigenvalue weighted by Gasteiger charge is 2.27. The van der Waals surface area contributed by atoms with E-state index in [-0.39, 0.29) is 5.75 Å². The summed E-state index contributed by atoms with van der Waals surface area (Å²) in [5, 5.41) is 0. The fourth-order valence-electron chi connectivity index (χ4n) is 4.19. The zero-order valence-electron chi connectivity index (χ0n) is 18.3. The summed E-state index contributed by atoms with van der Waals surface area (Å²) in [6, 6.07) is 11.3. The third-order valence-electron chi connectivity index (χ3n) is 5.40. The van der Waals surface area contributed by atoms with Gasteiger partial charge in [0, 0.05) is 16.3 Å². The van der Waals surface area contributed by atoms with E-state index in [0.29, 0.717) is 13.0 Å². The minimum Gasteiger partial charge on any atom is -0.339 e. The van der Waals surface area contributed by atoms with Gasteiger partial charge in [0.1, 0.15) is 0 Å². The van der Waals surface area contributed by atoms with Crippen molar-refractivity contribution in [2.24, 2.45) is 0 Å². The molecule has 2 aromatic carbocycles. The van der Waals surface area contributed by atoms with Gasteiger partial charge in [0.2, 0.25) is 0 Å². The van der Waals surface area contributed by atoms with Crippen LogP contribution in [-0.4, -0.2) is 25.3 Å². The van der Waals surface area contributed by atoms with Crippen molar-refractivity contribution in [3.8, 4) is 0 Å². The Balaban J connectivity index is 2.08. The molecule has 4 nitrogen and oxygen atoms in total. The topological polar surface area (TPSA) is 57.6 Å². The lowest BCUT2D eigenvalue weighted by Crippen LogP contribution is -2.25. The van der Waals surface area contributed by atoms with E-state index in [1.807, 2.05) is 11.8 Å². The van der Waals surface area contributed by atoms with Gasteiger partial charge in [-0.3, -0.25) is 4.55 Å². The van der Waals surface area contributed by atoms with Crippen molar-refractivity contribution in [3.05, 3.63) is 47.0 Å². The van der Waals surface area contributed by atoms with Crippen LogP contribution in [-0.2, 0) is 29.4 Å². The fourth-order valence-corrected chi connectivity index (χ4v) is 5.88. The number of rotatable bonds is 10. The van der Waals surface area contributed by atoms with E-state index in [4.69, 9.17) is 0 Å². The van der Waals surface area contributed by atoms with Crippen molar-refractivity contribution < 1.29 is 13.0 Å². The van der Waals surface area contributed by atoms with E-state index in [9.17, 15) is 13.0 Å². The van der Waals surface area contributed by atoms with Crippen molar-refractivity contribution >= 4 is 33.3 Å². The molecular formula is C24H33NO3S2. The van der Waals surface area contributed by atoms with Gasteiger partial charge in [-0.05, 0) is 60.6 Å². The Morgan fingerprint density at radius 1 is 0.900 bits per heavy atom. The summed E-state index contributed by atoms with van der Waals surface area (Å²) < 4.78 is 31.9. The molecule has 1 N–H and O–H groups in total. The van der Waals surface area contributed by atoms with Gasteiger partial charge in [0.05, 0.1) is 17.1 Å². The fraction of sp³-hybridized carbons (Fsp3) is 0.500. The van der Waals surface area contributed by atoms with Crippen LogP contribution >= 0.6 is 11.8 Å². The summed E-state index contributed by atoms with van der Waals surface area (Å²) in [4.78, 5) is 4.77. The van der Waals surface area contributed by atoms with Crippen LogP contribution in [0.1, 0.15) is 63.1 Å². The lowest BCUT2D eigenvalue weighted by atomic mass is 9.99.